The Hall–Kier alpha value is -2.53. The largest absolute Gasteiger partial charge is 0.481 e. The maximum absolute atomic E-state index is 11.8. The van der Waals surface area contributed by atoms with Crippen molar-refractivity contribution in [3.05, 3.63) is 64.7 Å². The molecule has 0 saturated carbocycles. The van der Waals surface area contributed by atoms with Crippen LogP contribution in [0.2, 0.25) is 5.02 Å². The molecule has 0 aromatic heterocycles. The maximum Gasteiger partial charge on any atom is 0.319 e. The number of carboxylic acids is 1. The standard InChI is InChI=1S/C16H15ClN2O3/c17-13-5-1-12(2-6-13)10-18-16(22)19-14-7-3-11(4-8-14)9-15(20)21/h1-8H,9-10H2,(H,20,21)(H2,18,19,22). The lowest BCUT2D eigenvalue weighted by atomic mass is 10.1. The lowest BCUT2D eigenvalue weighted by molar-refractivity contribution is -0.136. The Bertz CT molecular complexity index is 654. The molecule has 0 atom stereocenters. The quantitative estimate of drug-likeness (QED) is 0.791. The highest BCUT2D eigenvalue weighted by molar-refractivity contribution is 6.30. The molecule has 2 aromatic rings. The third-order valence-electron chi connectivity index (χ3n) is 2.93. The van der Waals surface area contributed by atoms with Crippen LogP contribution in [0.4, 0.5) is 10.5 Å². The SMILES string of the molecule is O=C(O)Cc1ccc(NC(=O)NCc2ccc(Cl)cc2)cc1. The van der Waals surface area contributed by atoms with Gasteiger partial charge in [-0.1, -0.05) is 35.9 Å². The molecule has 3 N–H and O–H groups in total. The Kier molecular flexibility index (Phi) is 5.38. The third-order valence-corrected chi connectivity index (χ3v) is 3.19. The van der Waals surface area contributed by atoms with Crippen molar-refractivity contribution in [2.24, 2.45) is 0 Å². The Labute approximate surface area is 132 Å². The number of halogens is 1. The van der Waals surface area contributed by atoms with Crippen molar-refractivity contribution in [1.82, 2.24) is 5.32 Å². The van der Waals surface area contributed by atoms with Gasteiger partial charge in [0.25, 0.3) is 0 Å². The zero-order chi connectivity index (χ0) is 15.9. The van der Waals surface area contributed by atoms with Crippen molar-refractivity contribution in [1.29, 1.82) is 0 Å². The minimum absolute atomic E-state index is 0.0386. The minimum atomic E-state index is -0.888. The highest BCUT2D eigenvalue weighted by Crippen LogP contribution is 2.11. The van der Waals surface area contributed by atoms with E-state index in [4.69, 9.17) is 16.7 Å². The summed E-state index contributed by atoms with van der Waals surface area (Å²) in [6, 6.07) is 13.5. The van der Waals surface area contributed by atoms with Crippen LogP contribution in [0.1, 0.15) is 11.1 Å². The lowest BCUT2D eigenvalue weighted by Crippen LogP contribution is -2.28. The second-order valence-electron chi connectivity index (χ2n) is 4.70. The molecule has 6 heteroatoms. The van der Waals surface area contributed by atoms with Crippen molar-refractivity contribution < 1.29 is 14.7 Å². The molecule has 2 rings (SSSR count). The first-order valence-electron chi connectivity index (χ1n) is 6.63. The molecule has 22 heavy (non-hydrogen) atoms. The van der Waals surface area contributed by atoms with E-state index in [1.165, 1.54) is 0 Å². The first kappa shape index (κ1) is 15.9. The summed E-state index contributed by atoms with van der Waals surface area (Å²) >= 11 is 5.79. The molecule has 0 aliphatic rings. The first-order valence-corrected chi connectivity index (χ1v) is 7.01. The lowest BCUT2D eigenvalue weighted by Gasteiger charge is -2.08. The maximum atomic E-state index is 11.8. The molecule has 2 amide bonds. The van der Waals surface area contributed by atoms with Crippen molar-refractivity contribution in [2.45, 2.75) is 13.0 Å². The summed E-state index contributed by atoms with van der Waals surface area (Å²) in [6.45, 7) is 0.389. The minimum Gasteiger partial charge on any atom is -0.481 e. The van der Waals surface area contributed by atoms with E-state index in [0.717, 1.165) is 5.56 Å². The zero-order valence-corrected chi connectivity index (χ0v) is 12.4. The molecule has 0 saturated heterocycles. The van der Waals surface area contributed by atoms with Gasteiger partial charge in [0.2, 0.25) is 0 Å². The number of rotatable bonds is 5. The summed E-state index contributed by atoms with van der Waals surface area (Å²) in [6.07, 6.45) is -0.0386. The van der Waals surface area contributed by atoms with E-state index < -0.39 is 5.97 Å². The third kappa shape index (κ3) is 5.10. The number of urea groups is 1. The van der Waals surface area contributed by atoms with E-state index in [2.05, 4.69) is 10.6 Å². The second kappa shape index (κ2) is 7.47. The molecule has 2 aromatic carbocycles. The summed E-state index contributed by atoms with van der Waals surface area (Å²) in [7, 11) is 0. The van der Waals surface area contributed by atoms with Crippen LogP contribution >= 0.6 is 11.6 Å². The van der Waals surface area contributed by atoms with Gasteiger partial charge in [0, 0.05) is 17.3 Å². The van der Waals surface area contributed by atoms with Crippen LogP contribution in [0.15, 0.2) is 48.5 Å². The fourth-order valence-corrected chi connectivity index (χ4v) is 1.97. The summed E-state index contributed by atoms with van der Waals surface area (Å²) in [4.78, 5) is 22.4. The molecule has 0 unspecified atom stereocenters. The molecule has 0 fully saturated rings. The summed E-state index contributed by atoms with van der Waals surface area (Å²) in [5, 5.41) is 14.7. The van der Waals surface area contributed by atoms with Gasteiger partial charge in [-0.05, 0) is 35.4 Å². The molecule has 0 aliphatic carbocycles. The highest BCUT2D eigenvalue weighted by atomic mass is 35.5. The van der Waals surface area contributed by atoms with Gasteiger partial charge >= 0.3 is 12.0 Å². The second-order valence-corrected chi connectivity index (χ2v) is 5.14. The number of carboxylic acid groups (broad SMARTS) is 1. The van der Waals surface area contributed by atoms with Gasteiger partial charge in [-0.15, -0.1) is 0 Å². The fourth-order valence-electron chi connectivity index (χ4n) is 1.84. The summed E-state index contributed by atoms with van der Waals surface area (Å²) in [5.74, 6) is -0.888. The fraction of sp³-hybridized carbons (Fsp3) is 0.125. The number of carbonyl (C=O) groups is 2. The van der Waals surface area contributed by atoms with Crippen molar-refractivity contribution in [3.63, 3.8) is 0 Å². The molecule has 0 spiro atoms. The predicted molar refractivity (Wildman–Crippen MR) is 85.1 cm³/mol. The molecule has 114 valence electrons. The van der Waals surface area contributed by atoms with Gasteiger partial charge in [-0.2, -0.15) is 0 Å². The molecule has 0 bridgehead atoms. The average Bonchev–Trinajstić information content (AvgIpc) is 2.48. The van der Waals surface area contributed by atoms with Gasteiger partial charge in [0.05, 0.1) is 6.42 Å². The van der Waals surface area contributed by atoms with Crippen LogP contribution in [0.25, 0.3) is 0 Å². The van der Waals surface area contributed by atoms with Crippen LogP contribution in [0.5, 0.6) is 0 Å². The smallest absolute Gasteiger partial charge is 0.319 e. The number of aliphatic carboxylic acids is 1. The van der Waals surface area contributed by atoms with Gasteiger partial charge in [0.15, 0.2) is 0 Å². The molecular weight excluding hydrogens is 304 g/mol. The first-order chi connectivity index (χ1) is 10.5. The Morgan fingerprint density at radius 3 is 2.14 bits per heavy atom. The van der Waals surface area contributed by atoms with Crippen LogP contribution in [-0.4, -0.2) is 17.1 Å². The number of carbonyl (C=O) groups excluding carboxylic acids is 1. The van der Waals surface area contributed by atoms with Crippen molar-refractivity contribution >= 4 is 29.3 Å². The molecule has 0 heterocycles. The van der Waals surface area contributed by atoms with Gasteiger partial charge in [-0.25, -0.2) is 4.79 Å². The van der Waals surface area contributed by atoms with Crippen LogP contribution in [-0.2, 0) is 17.8 Å². The molecule has 0 aliphatic heterocycles. The van der Waals surface area contributed by atoms with Crippen molar-refractivity contribution in [2.75, 3.05) is 5.32 Å². The molecular formula is C16H15ClN2O3. The Balaban J connectivity index is 1.83. The van der Waals surface area contributed by atoms with Crippen LogP contribution < -0.4 is 10.6 Å². The monoisotopic (exact) mass is 318 g/mol. The molecule has 5 nitrogen and oxygen atoms in total. The number of anilines is 1. The predicted octanol–water partition coefficient (Wildman–Crippen LogP) is 3.29. The van der Waals surface area contributed by atoms with E-state index in [0.29, 0.717) is 22.8 Å². The van der Waals surface area contributed by atoms with E-state index in [1.807, 2.05) is 12.1 Å². The number of hydrogen-bond donors (Lipinski definition) is 3. The Morgan fingerprint density at radius 2 is 1.55 bits per heavy atom. The normalized spacial score (nSPS) is 10.0. The van der Waals surface area contributed by atoms with E-state index in [9.17, 15) is 9.59 Å². The van der Waals surface area contributed by atoms with E-state index >= 15 is 0 Å². The summed E-state index contributed by atoms with van der Waals surface area (Å²) < 4.78 is 0. The topological polar surface area (TPSA) is 78.4 Å². The summed E-state index contributed by atoms with van der Waals surface area (Å²) in [5.41, 5.74) is 2.22. The van der Waals surface area contributed by atoms with Gasteiger partial charge < -0.3 is 15.7 Å². The van der Waals surface area contributed by atoms with E-state index in [1.54, 1.807) is 36.4 Å². The van der Waals surface area contributed by atoms with Crippen LogP contribution in [0.3, 0.4) is 0 Å². The van der Waals surface area contributed by atoms with E-state index in [-0.39, 0.29) is 12.5 Å². The number of nitrogens with one attached hydrogen (secondary N) is 2. The zero-order valence-electron chi connectivity index (χ0n) is 11.7. The number of amides is 2. The van der Waals surface area contributed by atoms with Gasteiger partial charge in [0.1, 0.15) is 0 Å². The molecule has 0 radical (unpaired) electrons. The van der Waals surface area contributed by atoms with Crippen LogP contribution in [0, 0.1) is 0 Å². The van der Waals surface area contributed by atoms with Crippen molar-refractivity contribution in [3.8, 4) is 0 Å². The van der Waals surface area contributed by atoms with Gasteiger partial charge in [-0.3, -0.25) is 4.79 Å². The highest BCUT2D eigenvalue weighted by Gasteiger charge is 2.03. The number of benzene rings is 2. The average molecular weight is 319 g/mol. The number of hydrogen-bond acceptors (Lipinski definition) is 2. The Morgan fingerprint density at radius 1 is 0.955 bits per heavy atom.